The van der Waals surface area contributed by atoms with Gasteiger partial charge in [-0.25, -0.2) is 0 Å². The van der Waals surface area contributed by atoms with E-state index in [1.165, 1.54) is 0 Å². The average Bonchev–Trinajstić information content (AvgIpc) is 2.37. The largest absolute Gasteiger partial charge is 0.486 e. The minimum absolute atomic E-state index is 0.458. The lowest BCUT2D eigenvalue weighted by Gasteiger charge is -2.29. The topological polar surface area (TPSA) is 47.7 Å². The van der Waals surface area contributed by atoms with E-state index < -0.39 is 0 Å². The van der Waals surface area contributed by atoms with Crippen LogP contribution in [-0.4, -0.2) is 26.3 Å². The molecule has 2 rings (SSSR count). The Balaban J connectivity index is 2.27. The monoisotopic (exact) mass is 250 g/mol. The van der Waals surface area contributed by atoms with Crippen LogP contribution in [0.1, 0.15) is 26.7 Å². The Morgan fingerprint density at radius 2 is 1.89 bits per heavy atom. The smallest absolute Gasteiger partial charge is 0.163 e. The molecule has 1 unspecified atom stereocenters. The number of hydrogen-bond donors (Lipinski definition) is 1. The maximum atomic E-state index is 6.10. The van der Waals surface area contributed by atoms with Gasteiger partial charge in [-0.05, 0) is 13.3 Å². The molecular formula is C14H22N2O2. The molecule has 0 aromatic heterocycles. The molecule has 2 N–H and O–H groups in total. The molecule has 0 aliphatic carbocycles. The van der Waals surface area contributed by atoms with Gasteiger partial charge in [0, 0.05) is 25.2 Å². The second-order valence-electron chi connectivity index (χ2n) is 4.80. The first-order chi connectivity index (χ1) is 8.63. The number of nitrogens with zero attached hydrogens (tertiary/aromatic N) is 1. The van der Waals surface area contributed by atoms with Crippen LogP contribution in [0, 0.1) is 0 Å². The van der Waals surface area contributed by atoms with Gasteiger partial charge in [0.15, 0.2) is 11.5 Å². The van der Waals surface area contributed by atoms with Crippen molar-refractivity contribution in [3.63, 3.8) is 0 Å². The molecule has 0 fully saturated rings. The number of hydrogen-bond acceptors (Lipinski definition) is 4. The predicted molar refractivity (Wildman–Crippen MR) is 74.6 cm³/mol. The maximum absolute atomic E-state index is 6.10. The fourth-order valence-electron chi connectivity index (χ4n) is 2.25. The Hall–Kier alpha value is -1.58. The highest BCUT2D eigenvalue weighted by Gasteiger charge is 2.18. The average molecular weight is 250 g/mol. The van der Waals surface area contributed by atoms with Crippen molar-refractivity contribution >= 4 is 11.4 Å². The van der Waals surface area contributed by atoms with Crippen molar-refractivity contribution in [1.82, 2.24) is 0 Å². The van der Waals surface area contributed by atoms with Gasteiger partial charge in [-0.15, -0.1) is 0 Å². The van der Waals surface area contributed by atoms with Crippen LogP contribution in [0.5, 0.6) is 11.5 Å². The molecule has 4 nitrogen and oxygen atoms in total. The lowest BCUT2D eigenvalue weighted by Crippen LogP contribution is -2.29. The molecule has 1 aromatic rings. The van der Waals surface area contributed by atoms with E-state index in [0.29, 0.717) is 19.3 Å². The third kappa shape index (κ3) is 2.47. The molecule has 0 amide bonds. The summed E-state index contributed by atoms with van der Waals surface area (Å²) in [6.45, 7) is 5.59. The van der Waals surface area contributed by atoms with E-state index in [1.54, 1.807) is 0 Å². The van der Waals surface area contributed by atoms with Crippen LogP contribution < -0.4 is 20.1 Å². The fraction of sp³-hybridized carbons (Fsp3) is 0.571. The van der Waals surface area contributed by atoms with Crippen LogP contribution in [0.25, 0.3) is 0 Å². The number of nitrogen functional groups attached to an aromatic ring is 1. The minimum Gasteiger partial charge on any atom is -0.486 e. The normalized spacial score (nSPS) is 15.3. The third-order valence-corrected chi connectivity index (χ3v) is 3.44. The molecule has 4 heteroatoms. The van der Waals surface area contributed by atoms with E-state index >= 15 is 0 Å². The fourth-order valence-corrected chi connectivity index (χ4v) is 2.25. The van der Waals surface area contributed by atoms with E-state index in [9.17, 15) is 0 Å². The molecule has 1 aliphatic rings. The first-order valence-corrected chi connectivity index (χ1v) is 6.55. The second kappa shape index (κ2) is 5.38. The molecule has 0 saturated heterocycles. The van der Waals surface area contributed by atoms with Gasteiger partial charge in [0.05, 0.1) is 11.4 Å². The van der Waals surface area contributed by atoms with Gasteiger partial charge in [-0.2, -0.15) is 0 Å². The Morgan fingerprint density at radius 3 is 2.50 bits per heavy atom. The summed E-state index contributed by atoms with van der Waals surface area (Å²) < 4.78 is 11.1. The van der Waals surface area contributed by atoms with E-state index in [4.69, 9.17) is 15.2 Å². The van der Waals surface area contributed by atoms with Crippen LogP contribution in [0.2, 0.25) is 0 Å². The highest BCUT2D eigenvalue weighted by atomic mass is 16.6. The van der Waals surface area contributed by atoms with E-state index in [2.05, 4.69) is 25.8 Å². The highest BCUT2D eigenvalue weighted by molar-refractivity contribution is 5.73. The van der Waals surface area contributed by atoms with E-state index in [0.717, 1.165) is 35.7 Å². The van der Waals surface area contributed by atoms with Crippen LogP contribution in [0.15, 0.2) is 12.1 Å². The molecule has 0 bridgehead atoms. The summed E-state index contributed by atoms with van der Waals surface area (Å²) in [7, 11) is 2.07. The van der Waals surface area contributed by atoms with Crippen molar-refractivity contribution < 1.29 is 9.47 Å². The Labute approximate surface area is 109 Å². The van der Waals surface area contributed by atoms with Crippen LogP contribution >= 0.6 is 0 Å². The van der Waals surface area contributed by atoms with Crippen molar-refractivity contribution in [3.8, 4) is 11.5 Å². The van der Waals surface area contributed by atoms with E-state index in [1.807, 2.05) is 12.1 Å². The zero-order valence-electron chi connectivity index (χ0n) is 11.4. The summed E-state index contributed by atoms with van der Waals surface area (Å²) in [6.07, 6.45) is 2.31. The summed E-state index contributed by atoms with van der Waals surface area (Å²) in [5, 5.41) is 0. The van der Waals surface area contributed by atoms with Gasteiger partial charge in [-0.1, -0.05) is 13.3 Å². The number of fused-ring (bicyclic) bond motifs is 1. The summed E-state index contributed by atoms with van der Waals surface area (Å²) in [5.74, 6) is 1.54. The number of ether oxygens (including phenoxy) is 2. The van der Waals surface area contributed by atoms with Gasteiger partial charge in [-0.3, -0.25) is 0 Å². The molecule has 1 atom stereocenters. The van der Waals surface area contributed by atoms with Crippen molar-refractivity contribution in [1.29, 1.82) is 0 Å². The Kier molecular flexibility index (Phi) is 3.84. The second-order valence-corrected chi connectivity index (χ2v) is 4.80. The van der Waals surface area contributed by atoms with Gasteiger partial charge in [0.25, 0.3) is 0 Å². The maximum Gasteiger partial charge on any atom is 0.163 e. The Morgan fingerprint density at radius 1 is 1.28 bits per heavy atom. The quantitative estimate of drug-likeness (QED) is 0.835. The molecule has 100 valence electrons. The minimum atomic E-state index is 0.458. The predicted octanol–water partition coefficient (Wildman–Crippen LogP) is 2.66. The van der Waals surface area contributed by atoms with Crippen molar-refractivity contribution in [3.05, 3.63) is 12.1 Å². The molecule has 0 spiro atoms. The molecule has 1 heterocycles. The van der Waals surface area contributed by atoms with Gasteiger partial charge in [0.1, 0.15) is 13.2 Å². The SMILES string of the molecule is CCCC(C)N(C)c1cc2c(cc1N)OCCO2. The number of anilines is 2. The lowest BCUT2D eigenvalue weighted by molar-refractivity contribution is 0.172. The van der Waals surface area contributed by atoms with E-state index in [-0.39, 0.29) is 0 Å². The van der Waals surface area contributed by atoms with Crippen LogP contribution in [0.3, 0.4) is 0 Å². The summed E-state index contributed by atoms with van der Waals surface area (Å²) in [6, 6.07) is 4.30. The summed E-state index contributed by atoms with van der Waals surface area (Å²) in [4.78, 5) is 2.21. The molecule has 1 aromatic carbocycles. The van der Waals surface area contributed by atoms with Crippen molar-refractivity contribution in [2.45, 2.75) is 32.7 Å². The Bertz CT molecular complexity index is 421. The highest BCUT2D eigenvalue weighted by Crippen LogP contribution is 2.38. The van der Waals surface area contributed by atoms with Crippen LogP contribution in [-0.2, 0) is 0 Å². The van der Waals surface area contributed by atoms with Gasteiger partial charge in [0.2, 0.25) is 0 Å². The molecule has 0 saturated carbocycles. The molecule has 18 heavy (non-hydrogen) atoms. The molecule has 0 radical (unpaired) electrons. The summed E-state index contributed by atoms with van der Waals surface area (Å²) in [5.41, 5.74) is 7.86. The summed E-state index contributed by atoms with van der Waals surface area (Å²) >= 11 is 0. The molecule has 1 aliphatic heterocycles. The van der Waals surface area contributed by atoms with Crippen molar-refractivity contribution in [2.75, 3.05) is 30.9 Å². The third-order valence-electron chi connectivity index (χ3n) is 3.44. The standard InChI is InChI=1S/C14H22N2O2/c1-4-5-10(2)16(3)12-9-14-13(8-11(12)15)17-6-7-18-14/h8-10H,4-7,15H2,1-3H3. The molecular weight excluding hydrogens is 228 g/mol. The zero-order valence-corrected chi connectivity index (χ0v) is 11.4. The number of rotatable bonds is 4. The van der Waals surface area contributed by atoms with Gasteiger partial charge < -0.3 is 20.1 Å². The zero-order chi connectivity index (χ0) is 13.1. The van der Waals surface area contributed by atoms with Crippen molar-refractivity contribution in [2.24, 2.45) is 0 Å². The van der Waals surface area contributed by atoms with Crippen LogP contribution in [0.4, 0.5) is 11.4 Å². The van der Waals surface area contributed by atoms with Gasteiger partial charge >= 0.3 is 0 Å². The number of benzene rings is 1. The number of nitrogens with two attached hydrogens (primary N) is 1. The first-order valence-electron chi connectivity index (χ1n) is 6.55. The first kappa shape index (κ1) is 12.9. The lowest BCUT2D eigenvalue weighted by atomic mass is 10.1.